The Labute approximate surface area is 96.4 Å². The van der Waals surface area contributed by atoms with Crippen molar-refractivity contribution in [3.63, 3.8) is 0 Å². The summed E-state index contributed by atoms with van der Waals surface area (Å²) >= 11 is 0. The Morgan fingerprint density at radius 3 is 2.81 bits per heavy atom. The van der Waals surface area contributed by atoms with Gasteiger partial charge >= 0.3 is 0 Å². The smallest absolute Gasteiger partial charge is 0.221 e. The third-order valence-electron chi connectivity index (χ3n) is 3.97. The van der Waals surface area contributed by atoms with Crippen molar-refractivity contribution in [2.75, 3.05) is 13.1 Å². The molecule has 1 aliphatic carbocycles. The van der Waals surface area contributed by atoms with Crippen molar-refractivity contribution in [3.8, 4) is 6.07 Å². The van der Waals surface area contributed by atoms with Gasteiger partial charge in [0, 0.05) is 12.6 Å². The number of piperidine rings is 1. The quantitative estimate of drug-likeness (QED) is 0.752. The Balaban J connectivity index is 1.99. The SMILES string of the molecule is N#CC1CCCC1N1CCCC(C(N)=O)C1. The van der Waals surface area contributed by atoms with Crippen LogP contribution in [-0.2, 0) is 4.79 Å². The molecule has 0 bridgehead atoms. The van der Waals surface area contributed by atoms with Gasteiger partial charge in [0.1, 0.15) is 0 Å². The summed E-state index contributed by atoms with van der Waals surface area (Å²) in [5, 5.41) is 9.07. The van der Waals surface area contributed by atoms with Crippen LogP contribution in [-0.4, -0.2) is 29.9 Å². The van der Waals surface area contributed by atoms with E-state index in [1.165, 1.54) is 0 Å². The highest BCUT2D eigenvalue weighted by atomic mass is 16.1. The molecule has 2 rings (SSSR count). The van der Waals surface area contributed by atoms with E-state index >= 15 is 0 Å². The highest BCUT2D eigenvalue weighted by Gasteiger charge is 2.35. The fourth-order valence-electron chi connectivity index (χ4n) is 3.07. The van der Waals surface area contributed by atoms with Crippen LogP contribution in [0.25, 0.3) is 0 Å². The third kappa shape index (κ3) is 2.19. The second-order valence-electron chi connectivity index (χ2n) is 4.97. The minimum atomic E-state index is -0.184. The van der Waals surface area contributed by atoms with E-state index in [4.69, 9.17) is 11.0 Å². The van der Waals surface area contributed by atoms with Crippen molar-refractivity contribution in [3.05, 3.63) is 0 Å². The molecule has 16 heavy (non-hydrogen) atoms. The van der Waals surface area contributed by atoms with Crippen LogP contribution in [0, 0.1) is 23.2 Å². The summed E-state index contributed by atoms with van der Waals surface area (Å²) in [6.07, 6.45) is 5.20. The number of primary amides is 1. The molecule has 0 radical (unpaired) electrons. The van der Waals surface area contributed by atoms with Gasteiger partial charge in [0.2, 0.25) is 5.91 Å². The molecule has 0 aromatic rings. The molecule has 0 spiro atoms. The number of rotatable bonds is 2. The predicted molar refractivity (Wildman–Crippen MR) is 60.2 cm³/mol. The Morgan fingerprint density at radius 2 is 2.12 bits per heavy atom. The van der Waals surface area contributed by atoms with Crippen LogP contribution in [0.15, 0.2) is 0 Å². The summed E-state index contributed by atoms with van der Waals surface area (Å²) < 4.78 is 0. The molecule has 3 atom stereocenters. The van der Waals surface area contributed by atoms with Gasteiger partial charge in [-0.15, -0.1) is 0 Å². The zero-order chi connectivity index (χ0) is 11.5. The molecule has 0 aromatic heterocycles. The molecule has 2 aliphatic rings. The normalized spacial score (nSPS) is 35.8. The molecule has 1 aliphatic heterocycles. The summed E-state index contributed by atoms with van der Waals surface area (Å²) in [4.78, 5) is 13.5. The maximum atomic E-state index is 11.2. The number of hydrogen-bond donors (Lipinski definition) is 1. The summed E-state index contributed by atoms with van der Waals surface area (Å²) in [6.45, 7) is 1.78. The highest BCUT2D eigenvalue weighted by Crippen LogP contribution is 2.32. The average Bonchev–Trinajstić information content (AvgIpc) is 2.77. The predicted octanol–water partition coefficient (Wildman–Crippen LogP) is 0.876. The Kier molecular flexibility index (Phi) is 3.45. The van der Waals surface area contributed by atoms with E-state index < -0.39 is 0 Å². The second-order valence-corrected chi connectivity index (χ2v) is 4.97. The lowest BCUT2D eigenvalue weighted by atomic mass is 9.94. The van der Waals surface area contributed by atoms with Gasteiger partial charge in [0.05, 0.1) is 17.9 Å². The first kappa shape index (κ1) is 11.4. The van der Waals surface area contributed by atoms with Crippen molar-refractivity contribution in [2.24, 2.45) is 17.6 Å². The van der Waals surface area contributed by atoms with Gasteiger partial charge in [-0.1, -0.05) is 6.42 Å². The van der Waals surface area contributed by atoms with Crippen molar-refractivity contribution in [1.29, 1.82) is 5.26 Å². The maximum absolute atomic E-state index is 11.2. The number of nitriles is 1. The van der Waals surface area contributed by atoms with Gasteiger partial charge < -0.3 is 5.73 Å². The molecule has 1 saturated heterocycles. The monoisotopic (exact) mass is 221 g/mol. The number of nitrogens with zero attached hydrogens (tertiary/aromatic N) is 2. The molecule has 3 unspecified atom stereocenters. The van der Waals surface area contributed by atoms with E-state index in [-0.39, 0.29) is 17.7 Å². The summed E-state index contributed by atoms with van der Waals surface area (Å²) in [5.41, 5.74) is 5.36. The molecule has 1 heterocycles. The molecule has 1 saturated carbocycles. The summed E-state index contributed by atoms with van der Waals surface area (Å²) in [7, 11) is 0. The minimum Gasteiger partial charge on any atom is -0.369 e. The van der Waals surface area contributed by atoms with Gasteiger partial charge in [-0.3, -0.25) is 9.69 Å². The number of carbonyl (C=O) groups excluding carboxylic acids is 1. The topological polar surface area (TPSA) is 70.1 Å². The van der Waals surface area contributed by atoms with Crippen LogP contribution < -0.4 is 5.73 Å². The lowest BCUT2D eigenvalue weighted by Gasteiger charge is -2.36. The Hall–Kier alpha value is -1.08. The first-order valence-electron chi connectivity index (χ1n) is 6.15. The van der Waals surface area contributed by atoms with Crippen LogP contribution in [0.5, 0.6) is 0 Å². The molecule has 88 valence electrons. The van der Waals surface area contributed by atoms with Crippen molar-refractivity contribution < 1.29 is 4.79 Å². The van der Waals surface area contributed by atoms with E-state index in [1.54, 1.807) is 0 Å². The van der Waals surface area contributed by atoms with Gasteiger partial charge in [0.15, 0.2) is 0 Å². The van der Waals surface area contributed by atoms with Crippen molar-refractivity contribution >= 4 is 5.91 Å². The number of nitrogens with two attached hydrogens (primary N) is 1. The van der Waals surface area contributed by atoms with Crippen LogP contribution >= 0.6 is 0 Å². The first-order chi connectivity index (χ1) is 7.72. The average molecular weight is 221 g/mol. The standard InChI is InChI=1S/C12H19N3O/c13-7-9-3-1-5-11(9)15-6-2-4-10(8-15)12(14)16/h9-11H,1-6,8H2,(H2,14,16). The van der Waals surface area contributed by atoms with Gasteiger partial charge in [0.25, 0.3) is 0 Å². The van der Waals surface area contributed by atoms with Gasteiger partial charge in [-0.25, -0.2) is 0 Å². The minimum absolute atomic E-state index is 0.00584. The summed E-state index contributed by atoms with van der Waals surface area (Å²) in [5.74, 6) is -0.0310. The number of likely N-dealkylation sites (tertiary alicyclic amines) is 1. The lowest BCUT2D eigenvalue weighted by molar-refractivity contribution is -0.123. The molecule has 4 heteroatoms. The molecule has 1 amide bonds. The highest BCUT2D eigenvalue weighted by molar-refractivity contribution is 5.76. The van der Waals surface area contributed by atoms with E-state index in [0.717, 1.165) is 45.2 Å². The van der Waals surface area contributed by atoms with E-state index in [9.17, 15) is 4.79 Å². The molecule has 2 fully saturated rings. The fraction of sp³-hybridized carbons (Fsp3) is 0.833. The number of amides is 1. The molecular weight excluding hydrogens is 202 g/mol. The molecule has 2 N–H and O–H groups in total. The number of hydrogen-bond acceptors (Lipinski definition) is 3. The largest absolute Gasteiger partial charge is 0.369 e. The van der Waals surface area contributed by atoms with E-state index in [0.29, 0.717) is 6.04 Å². The molecule has 4 nitrogen and oxygen atoms in total. The molecule has 0 aromatic carbocycles. The third-order valence-corrected chi connectivity index (χ3v) is 3.97. The second kappa shape index (κ2) is 4.84. The van der Waals surface area contributed by atoms with Gasteiger partial charge in [-0.05, 0) is 32.2 Å². The van der Waals surface area contributed by atoms with Crippen LogP contribution in [0.3, 0.4) is 0 Å². The van der Waals surface area contributed by atoms with Crippen molar-refractivity contribution in [2.45, 2.75) is 38.1 Å². The van der Waals surface area contributed by atoms with Crippen LogP contribution in [0.2, 0.25) is 0 Å². The Bertz CT molecular complexity index is 310. The van der Waals surface area contributed by atoms with Crippen LogP contribution in [0.4, 0.5) is 0 Å². The first-order valence-corrected chi connectivity index (χ1v) is 6.15. The fourth-order valence-corrected chi connectivity index (χ4v) is 3.07. The summed E-state index contributed by atoms with van der Waals surface area (Å²) in [6, 6.07) is 2.77. The van der Waals surface area contributed by atoms with Crippen molar-refractivity contribution in [1.82, 2.24) is 4.90 Å². The Morgan fingerprint density at radius 1 is 1.31 bits per heavy atom. The van der Waals surface area contributed by atoms with Gasteiger partial charge in [-0.2, -0.15) is 5.26 Å². The van der Waals surface area contributed by atoms with Crippen LogP contribution in [0.1, 0.15) is 32.1 Å². The van der Waals surface area contributed by atoms with E-state index in [1.807, 2.05) is 0 Å². The maximum Gasteiger partial charge on any atom is 0.221 e. The molecular formula is C12H19N3O. The van der Waals surface area contributed by atoms with E-state index in [2.05, 4.69) is 11.0 Å². The number of carbonyl (C=O) groups is 1. The zero-order valence-electron chi connectivity index (χ0n) is 9.56. The zero-order valence-corrected chi connectivity index (χ0v) is 9.56. The lowest BCUT2D eigenvalue weighted by Crippen LogP contribution is -2.47.